The van der Waals surface area contributed by atoms with Crippen molar-refractivity contribution in [2.24, 2.45) is 11.8 Å². The molecule has 14 heavy (non-hydrogen) atoms. The van der Waals surface area contributed by atoms with E-state index >= 15 is 0 Å². The van der Waals surface area contributed by atoms with E-state index in [-0.39, 0.29) is 11.8 Å². The van der Waals surface area contributed by atoms with E-state index in [9.17, 15) is 4.79 Å². The molecule has 0 aliphatic carbocycles. The first-order valence-corrected chi connectivity index (χ1v) is 5.32. The fourth-order valence-electron chi connectivity index (χ4n) is 1.73. The van der Waals surface area contributed by atoms with E-state index in [0.717, 1.165) is 6.42 Å². The van der Waals surface area contributed by atoms with Crippen LogP contribution in [0.25, 0.3) is 0 Å². The topological polar surface area (TPSA) is 20.3 Å². The first kappa shape index (κ1) is 13.2. The third kappa shape index (κ3) is 3.17. The van der Waals surface area contributed by atoms with E-state index < -0.39 is 0 Å². The second-order valence-corrected chi connectivity index (χ2v) is 4.05. The number of rotatable bonds is 4. The zero-order valence-electron chi connectivity index (χ0n) is 10.3. The first-order valence-electron chi connectivity index (χ1n) is 5.32. The van der Waals surface area contributed by atoms with Crippen molar-refractivity contribution in [1.29, 1.82) is 0 Å². The maximum absolute atomic E-state index is 11.7. The van der Waals surface area contributed by atoms with Gasteiger partial charge in [-0.3, -0.25) is 4.79 Å². The summed E-state index contributed by atoms with van der Waals surface area (Å²) in [6.45, 7) is 8.33. The molecule has 0 N–H and O–H groups in total. The van der Waals surface area contributed by atoms with Crippen LogP contribution in [0.3, 0.4) is 0 Å². The predicted octanol–water partition coefficient (Wildman–Crippen LogP) is 2.70. The summed E-state index contributed by atoms with van der Waals surface area (Å²) in [4.78, 5) is 13.4. The summed E-state index contributed by atoms with van der Waals surface area (Å²) in [7, 11) is 3.62. The minimum atomic E-state index is 0.0185. The van der Waals surface area contributed by atoms with E-state index in [1.807, 2.05) is 27.9 Å². The molecule has 0 aromatic rings. The largest absolute Gasteiger partial charge is 0.348 e. The maximum atomic E-state index is 11.7. The summed E-state index contributed by atoms with van der Waals surface area (Å²) in [5, 5.41) is 0. The lowest BCUT2D eigenvalue weighted by Gasteiger charge is -2.23. The van der Waals surface area contributed by atoms with Gasteiger partial charge in [0.05, 0.1) is 5.92 Å². The Kier molecular flexibility index (Phi) is 5.51. The number of nitrogens with zero attached hydrogens (tertiary/aromatic N) is 1. The van der Waals surface area contributed by atoms with Crippen molar-refractivity contribution < 1.29 is 4.79 Å². The number of hydrogen-bond acceptors (Lipinski definition) is 1. The lowest BCUT2D eigenvalue weighted by Crippen LogP contribution is -2.30. The number of carbonyl (C=O) groups is 1. The Morgan fingerprint density at radius 3 is 2.14 bits per heavy atom. The molecule has 0 fully saturated rings. The van der Waals surface area contributed by atoms with Crippen molar-refractivity contribution >= 4 is 5.91 Å². The molecule has 0 aliphatic rings. The summed E-state index contributed by atoms with van der Waals surface area (Å²) in [5.41, 5.74) is 1.26. The molecule has 1 amide bonds. The minimum Gasteiger partial charge on any atom is -0.348 e. The monoisotopic (exact) mass is 197 g/mol. The summed E-state index contributed by atoms with van der Waals surface area (Å²) < 4.78 is 0. The molecule has 0 radical (unpaired) electrons. The number of allylic oxidation sites excluding steroid dienone is 1. The summed E-state index contributed by atoms with van der Waals surface area (Å²) in [6, 6.07) is 0. The highest BCUT2D eigenvalue weighted by Gasteiger charge is 2.21. The summed E-state index contributed by atoms with van der Waals surface area (Å²) in [5.74, 6) is 0.710. The van der Waals surface area contributed by atoms with Crippen LogP contribution < -0.4 is 0 Å². The van der Waals surface area contributed by atoms with Crippen LogP contribution in [-0.4, -0.2) is 24.9 Å². The van der Waals surface area contributed by atoms with Gasteiger partial charge in [0.2, 0.25) is 5.91 Å². The molecule has 0 saturated carbocycles. The number of hydrogen-bond donors (Lipinski definition) is 0. The van der Waals surface area contributed by atoms with Crippen LogP contribution >= 0.6 is 0 Å². The Morgan fingerprint density at radius 1 is 1.36 bits per heavy atom. The van der Waals surface area contributed by atoms with Gasteiger partial charge in [0.25, 0.3) is 0 Å². The van der Waals surface area contributed by atoms with Gasteiger partial charge in [-0.2, -0.15) is 0 Å². The Labute approximate surface area is 88.0 Å². The van der Waals surface area contributed by atoms with Crippen LogP contribution in [0, 0.1) is 11.8 Å². The van der Waals surface area contributed by atoms with Gasteiger partial charge < -0.3 is 4.90 Å². The smallest absolute Gasteiger partial charge is 0.228 e. The van der Waals surface area contributed by atoms with Gasteiger partial charge in [-0.15, -0.1) is 0 Å². The average Bonchev–Trinajstić information content (AvgIpc) is 2.16. The van der Waals surface area contributed by atoms with E-state index in [1.54, 1.807) is 4.90 Å². The molecule has 0 bridgehead atoms. The zero-order chi connectivity index (χ0) is 11.3. The normalized spacial score (nSPS) is 16.3. The van der Waals surface area contributed by atoms with Crippen LogP contribution in [0.5, 0.6) is 0 Å². The molecule has 0 rings (SSSR count). The fraction of sp³-hybridized carbons (Fsp3) is 0.750. The molecule has 2 unspecified atom stereocenters. The van der Waals surface area contributed by atoms with Crippen LogP contribution in [-0.2, 0) is 4.79 Å². The average molecular weight is 197 g/mol. The van der Waals surface area contributed by atoms with Crippen molar-refractivity contribution in [3.63, 3.8) is 0 Å². The zero-order valence-corrected chi connectivity index (χ0v) is 10.3. The first-order chi connectivity index (χ1) is 6.45. The molecule has 0 aliphatic heterocycles. The van der Waals surface area contributed by atoms with Crippen molar-refractivity contribution in [2.75, 3.05) is 14.1 Å². The van der Waals surface area contributed by atoms with E-state index in [4.69, 9.17) is 0 Å². The summed E-state index contributed by atoms with van der Waals surface area (Å²) in [6.07, 6.45) is 3.17. The fourth-order valence-corrected chi connectivity index (χ4v) is 1.73. The van der Waals surface area contributed by atoms with Gasteiger partial charge in [-0.25, -0.2) is 0 Å². The molecular formula is C12H23NO. The number of amides is 1. The summed E-state index contributed by atoms with van der Waals surface area (Å²) >= 11 is 0. The highest BCUT2D eigenvalue weighted by molar-refractivity contribution is 5.80. The molecule has 82 valence electrons. The molecule has 0 aromatic heterocycles. The third-order valence-electron chi connectivity index (χ3n) is 2.83. The molecule has 2 heteroatoms. The molecular weight excluding hydrogens is 174 g/mol. The van der Waals surface area contributed by atoms with Crippen molar-refractivity contribution in [2.45, 2.75) is 34.1 Å². The Hall–Kier alpha value is -0.790. The molecule has 2 atom stereocenters. The van der Waals surface area contributed by atoms with E-state index in [2.05, 4.69) is 19.9 Å². The molecule has 0 saturated heterocycles. The van der Waals surface area contributed by atoms with Crippen LogP contribution in [0.2, 0.25) is 0 Å². The van der Waals surface area contributed by atoms with E-state index in [1.165, 1.54) is 5.57 Å². The molecule has 0 heterocycles. The minimum absolute atomic E-state index is 0.0185. The standard InChI is InChI=1S/C12H23NO/c1-7-9(3)11(8-2)10(4)12(14)13(5)6/h8-10H,7H2,1-6H3. The van der Waals surface area contributed by atoms with Crippen molar-refractivity contribution in [3.05, 3.63) is 11.6 Å². The molecule has 2 nitrogen and oxygen atoms in total. The van der Waals surface area contributed by atoms with Crippen molar-refractivity contribution in [1.82, 2.24) is 4.90 Å². The lowest BCUT2D eigenvalue weighted by molar-refractivity contribution is -0.131. The van der Waals surface area contributed by atoms with Gasteiger partial charge in [-0.1, -0.05) is 25.5 Å². The Bertz CT molecular complexity index is 218. The van der Waals surface area contributed by atoms with Crippen molar-refractivity contribution in [3.8, 4) is 0 Å². The quantitative estimate of drug-likeness (QED) is 0.635. The van der Waals surface area contributed by atoms with Gasteiger partial charge in [0.1, 0.15) is 0 Å². The second-order valence-electron chi connectivity index (χ2n) is 4.05. The van der Waals surface area contributed by atoms with Gasteiger partial charge in [0, 0.05) is 14.1 Å². The van der Waals surface area contributed by atoms with Gasteiger partial charge in [0.15, 0.2) is 0 Å². The van der Waals surface area contributed by atoms with Crippen LogP contribution in [0.1, 0.15) is 34.1 Å². The molecule has 0 aromatic carbocycles. The van der Waals surface area contributed by atoms with Crippen LogP contribution in [0.15, 0.2) is 11.6 Å². The highest BCUT2D eigenvalue weighted by atomic mass is 16.2. The predicted molar refractivity (Wildman–Crippen MR) is 61.1 cm³/mol. The Morgan fingerprint density at radius 2 is 1.86 bits per heavy atom. The van der Waals surface area contributed by atoms with Gasteiger partial charge >= 0.3 is 0 Å². The highest BCUT2D eigenvalue weighted by Crippen LogP contribution is 2.23. The van der Waals surface area contributed by atoms with E-state index in [0.29, 0.717) is 5.92 Å². The molecule has 0 spiro atoms. The maximum Gasteiger partial charge on any atom is 0.228 e. The SMILES string of the molecule is CC=C(C(C)CC)C(C)C(=O)N(C)C. The Balaban J connectivity index is 4.64. The second kappa shape index (κ2) is 5.84. The third-order valence-corrected chi connectivity index (χ3v) is 2.83. The number of carbonyl (C=O) groups excluding carboxylic acids is 1. The van der Waals surface area contributed by atoms with Crippen LogP contribution in [0.4, 0.5) is 0 Å². The lowest BCUT2D eigenvalue weighted by atomic mass is 9.87. The van der Waals surface area contributed by atoms with Gasteiger partial charge in [-0.05, 0) is 26.2 Å².